The first-order valence-corrected chi connectivity index (χ1v) is 7.05. The van der Waals surface area contributed by atoms with Gasteiger partial charge in [-0.15, -0.1) is 0 Å². The van der Waals surface area contributed by atoms with Gasteiger partial charge in [-0.05, 0) is 31.7 Å². The van der Waals surface area contributed by atoms with Crippen LogP contribution in [0.1, 0.15) is 12.2 Å². The highest BCUT2D eigenvalue weighted by Crippen LogP contribution is 2.21. The number of imidazole rings is 1. The van der Waals surface area contributed by atoms with Gasteiger partial charge in [0.25, 0.3) is 0 Å². The molecule has 19 heavy (non-hydrogen) atoms. The second-order valence-corrected chi connectivity index (χ2v) is 5.67. The molecule has 1 aromatic carbocycles. The molecule has 5 heteroatoms. The molecule has 1 aromatic heterocycles. The van der Waals surface area contributed by atoms with Crippen molar-refractivity contribution in [3.8, 4) is 0 Å². The predicted octanol–water partition coefficient (Wildman–Crippen LogP) is 2.02. The van der Waals surface area contributed by atoms with Gasteiger partial charge < -0.3 is 9.88 Å². The molecule has 0 amide bonds. The minimum Gasteiger partial charge on any atom is -0.330 e. The first-order chi connectivity index (χ1) is 9.17. The number of likely N-dealkylation sites (N-methyl/N-ethyl adjacent to an activating group) is 1. The summed E-state index contributed by atoms with van der Waals surface area (Å²) in [6, 6.07) is 6.50. The number of fused-ring (bicyclic) bond motifs is 1. The number of halogens is 1. The number of aromatic nitrogens is 2. The lowest BCUT2D eigenvalue weighted by atomic mass is 10.3. The normalized spacial score (nSPS) is 20.5. The fraction of sp³-hybridized carbons (Fsp3) is 0.500. The molecule has 1 atom stereocenters. The Labute approximate surface area is 118 Å². The van der Waals surface area contributed by atoms with Crippen LogP contribution in [0.2, 0.25) is 5.02 Å². The van der Waals surface area contributed by atoms with E-state index in [1.165, 1.54) is 6.42 Å². The number of aryl methyl sites for hydroxylation is 1. The molecule has 1 unspecified atom stereocenters. The van der Waals surface area contributed by atoms with E-state index in [2.05, 4.69) is 21.8 Å². The monoisotopic (exact) mass is 278 g/mol. The summed E-state index contributed by atoms with van der Waals surface area (Å²) in [5, 5.41) is 4.09. The van der Waals surface area contributed by atoms with E-state index < -0.39 is 0 Å². The standard InChI is InChI=1S/C14H19ClN4/c1-16-11-5-6-19(8-11)9-14-17-12-7-10(15)3-4-13(12)18(14)2/h3-4,7,11,16H,5-6,8-9H2,1-2H3. The van der Waals surface area contributed by atoms with E-state index in [4.69, 9.17) is 16.6 Å². The number of nitrogens with one attached hydrogen (secondary N) is 1. The zero-order valence-corrected chi connectivity index (χ0v) is 12.1. The fourth-order valence-electron chi connectivity index (χ4n) is 2.78. The molecule has 2 heterocycles. The van der Waals surface area contributed by atoms with Crippen LogP contribution in [0.3, 0.4) is 0 Å². The van der Waals surface area contributed by atoms with Crippen molar-refractivity contribution < 1.29 is 0 Å². The van der Waals surface area contributed by atoms with E-state index in [0.29, 0.717) is 6.04 Å². The Morgan fingerprint density at radius 1 is 1.47 bits per heavy atom. The third-order valence-electron chi connectivity index (χ3n) is 3.98. The average molecular weight is 279 g/mol. The van der Waals surface area contributed by atoms with Crippen molar-refractivity contribution in [2.75, 3.05) is 20.1 Å². The molecule has 0 radical (unpaired) electrons. The molecule has 102 valence electrons. The fourth-order valence-corrected chi connectivity index (χ4v) is 2.94. The first-order valence-electron chi connectivity index (χ1n) is 6.68. The van der Waals surface area contributed by atoms with Crippen LogP contribution in [0.4, 0.5) is 0 Å². The Hall–Kier alpha value is -1.10. The summed E-state index contributed by atoms with van der Waals surface area (Å²) in [7, 11) is 4.11. The van der Waals surface area contributed by atoms with Gasteiger partial charge in [0.05, 0.1) is 17.6 Å². The van der Waals surface area contributed by atoms with Gasteiger partial charge in [-0.2, -0.15) is 0 Å². The zero-order chi connectivity index (χ0) is 13.4. The number of nitrogens with zero attached hydrogens (tertiary/aromatic N) is 3. The highest BCUT2D eigenvalue weighted by molar-refractivity contribution is 6.31. The maximum Gasteiger partial charge on any atom is 0.123 e. The zero-order valence-electron chi connectivity index (χ0n) is 11.4. The van der Waals surface area contributed by atoms with Crippen LogP contribution in [0.15, 0.2) is 18.2 Å². The number of likely N-dealkylation sites (tertiary alicyclic amines) is 1. The van der Waals surface area contributed by atoms with E-state index >= 15 is 0 Å². The van der Waals surface area contributed by atoms with Gasteiger partial charge in [-0.25, -0.2) is 4.98 Å². The summed E-state index contributed by atoms with van der Waals surface area (Å²) in [6.07, 6.45) is 1.21. The van der Waals surface area contributed by atoms with E-state index in [1.807, 2.05) is 25.2 Å². The predicted molar refractivity (Wildman–Crippen MR) is 78.5 cm³/mol. The van der Waals surface area contributed by atoms with Crippen molar-refractivity contribution in [3.05, 3.63) is 29.0 Å². The van der Waals surface area contributed by atoms with Gasteiger partial charge in [-0.1, -0.05) is 11.6 Å². The second kappa shape index (κ2) is 5.12. The smallest absolute Gasteiger partial charge is 0.123 e. The largest absolute Gasteiger partial charge is 0.330 e. The van der Waals surface area contributed by atoms with Crippen molar-refractivity contribution in [1.82, 2.24) is 19.8 Å². The molecular formula is C14H19ClN4. The SMILES string of the molecule is CNC1CCN(Cc2nc3cc(Cl)ccc3n2C)C1. The van der Waals surface area contributed by atoms with Crippen molar-refractivity contribution >= 4 is 22.6 Å². The molecule has 1 fully saturated rings. The Bertz CT molecular complexity index is 592. The van der Waals surface area contributed by atoms with Crippen LogP contribution in [0.25, 0.3) is 11.0 Å². The molecule has 1 saturated heterocycles. The molecule has 3 rings (SSSR count). The van der Waals surface area contributed by atoms with Crippen molar-refractivity contribution in [2.24, 2.45) is 7.05 Å². The molecule has 2 aromatic rings. The Balaban J connectivity index is 1.83. The minimum absolute atomic E-state index is 0.615. The summed E-state index contributed by atoms with van der Waals surface area (Å²) in [5.41, 5.74) is 2.12. The summed E-state index contributed by atoms with van der Waals surface area (Å²) in [4.78, 5) is 7.15. The van der Waals surface area contributed by atoms with Crippen LogP contribution < -0.4 is 5.32 Å². The third kappa shape index (κ3) is 2.48. The van der Waals surface area contributed by atoms with Gasteiger partial charge in [-0.3, -0.25) is 4.90 Å². The maximum atomic E-state index is 6.02. The van der Waals surface area contributed by atoms with Gasteiger partial charge in [0, 0.05) is 31.2 Å². The number of benzene rings is 1. The van der Waals surface area contributed by atoms with E-state index in [1.54, 1.807) is 0 Å². The number of hydrogen-bond acceptors (Lipinski definition) is 3. The Kier molecular flexibility index (Phi) is 3.48. The molecule has 4 nitrogen and oxygen atoms in total. The van der Waals surface area contributed by atoms with Crippen molar-refractivity contribution in [3.63, 3.8) is 0 Å². The number of hydrogen-bond donors (Lipinski definition) is 1. The van der Waals surface area contributed by atoms with Crippen LogP contribution in [0, 0.1) is 0 Å². The minimum atomic E-state index is 0.615. The highest BCUT2D eigenvalue weighted by atomic mass is 35.5. The molecule has 1 aliphatic heterocycles. The van der Waals surface area contributed by atoms with Crippen molar-refractivity contribution in [1.29, 1.82) is 0 Å². The molecule has 0 saturated carbocycles. The lowest BCUT2D eigenvalue weighted by Crippen LogP contribution is -2.29. The van der Waals surface area contributed by atoms with E-state index in [0.717, 1.165) is 41.5 Å². The summed E-state index contributed by atoms with van der Waals surface area (Å²) >= 11 is 6.02. The lowest BCUT2D eigenvalue weighted by molar-refractivity contribution is 0.311. The quantitative estimate of drug-likeness (QED) is 0.933. The molecule has 0 spiro atoms. The summed E-state index contributed by atoms with van der Waals surface area (Å²) in [6.45, 7) is 3.14. The highest BCUT2D eigenvalue weighted by Gasteiger charge is 2.22. The van der Waals surface area contributed by atoms with E-state index in [-0.39, 0.29) is 0 Å². The number of rotatable bonds is 3. The van der Waals surface area contributed by atoms with Gasteiger partial charge >= 0.3 is 0 Å². The van der Waals surface area contributed by atoms with Gasteiger partial charge in [0.2, 0.25) is 0 Å². The molecular weight excluding hydrogens is 260 g/mol. The van der Waals surface area contributed by atoms with Gasteiger partial charge in [0.1, 0.15) is 5.82 Å². The molecule has 1 N–H and O–H groups in total. The first kappa shape index (κ1) is 12.9. The molecule has 0 bridgehead atoms. The molecule has 1 aliphatic rings. The van der Waals surface area contributed by atoms with Crippen LogP contribution in [-0.2, 0) is 13.6 Å². The summed E-state index contributed by atoms with van der Waals surface area (Å²) in [5.74, 6) is 1.11. The van der Waals surface area contributed by atoms with Crippen LogP contribution >= 0.6 is 11.6 Å². The molecule has 0 aliphatic carbocycles. The van der Waals surface area contributed by atoms with E-state index in [9.17, 15) is 0 Å². The van der Waals surface area contributed by atoms with Crippen LogP contribution in [-0.4, -0.2) is 40.6 Å². The Morgan fingerprint density at radius 3 is 3.05 bits per heavy atom. The second-order valence-electron chi connectivity index (χ2n) is 5.23. The average Bonchev–Trinajstić information content (AvgIpc) is 2.96. The van der Waals surface area contributed by atoms with Gasteiger partial charge in [0.15, 0.2) is 0 Å². The summed E-state index contributed by atoms with van der Waals surface area (Å²) < 4.78 is 2.17. The van der Waals surface area contributed by atoms with Crippen LogP contribution in [0.5, 0.6) is 0 Å². The third-order valence-corrected chi connectivity index (χ3v) is 4.22. The lowest BCUT2D eigenvalue weighted by Gasteiger charge is -2.15. The van der Waals surface area contributed by atoms with Crippen molar-refractivity contribution in [2.45, 2.75) is 19.0 Å². The topological polar surface area (TPSA) is 33.1 Å². The maximum absolute atomic E-state index is 6.02. The Morgan fingerprint density at radius 2 is 2.32 bits per heavy atom.